The molecule has 25 heavy (non-hydrogen) atoms. The van der Waals surface area contributed by atoms with Crippen molar-refractivity contribution in [3.8, 4) is 0 Å². The number of para-hydroxylation sites is 2. The highest BCUT2D eigenvalue weighted by Gasteiger charge is 2.21. The molecule has 1 aliphatic rings. The molecule has 0 radical (unpaired) electrons. The van der Waals surface area contributed by atoms with Gasteiger partial charge < -0.3 is 15.1 Å². The van der Waals surface area contributed by atoms with Crippen LogP contribution >= 0.6 is 0 Å². The molecule has 6 heteroatoms. The number of anilines is 2. The van der Waals surface area contributed by atoms with Crippen LogP contribution in [0.25, 0.3) is 0 Å². The van der Waals surface area contributed by atoms with Crippen LogP contribution in [0.4, 0.5) is 20.2 Å². The monoisotopic (exact) mass is 345 g/mol. The summed E-state index contributed by atoms with van der Waals surface area (Å²) < 4.78 is 27.6. The molecule has 1 N–H and O–H groups in total. The number of halogens is 2. The maximum atomic E-state index is 13.8. The molecule has 0 aromatic heterocycles. The Bertz CT molecular complexity index is 738. The van der Waals surface area contributed by atoms with Gasteiger partial charge in [-0.3, -0.25) is 4.79 Å². The lowest BCUT2D eigenvalue weighted by Crippen LogP contribution is -2.46. The number of likely N-dealkylation sites (N-methyl/N-ethyl adjacent to an activating group) is 1. The Kier molecular flexibility index (Phi) is 5.28. The number of hydrogen-bond donors (Lipinski definition) is 1. The Labute approximate surface area is 146 Å². The van der Waals surface area contributed by atoms with Gasteiger partial charge in [-0.25, -0.2) is 8.78 Å². The van der Waals surface area contributed by atoms with Crippen LogP contribution < -0.4 is 10.2 Å². The molecule has 1 fully saturated rings. The van der Waals surface area contributed by atoms with Crippen molar-refractivity contribution in [3.05, 3.63) is 59.7 Å². The highest BCUT2D eigenvalue weighted by molar-refractivity contribution is 6.06. The summed E-state index contributed by atoms with van der Waals surface area (Å²) in [6, 6.07) is 10.7. The van der Waals surface area contributed by atoms with Crippen LogP contribution in [-0.2, 0) is 0 Å². The third kappa shape index (κ3) is 3.79. The van der Waals surface area contributed by atoms with Gasteiger partial charge in [0.2, 0.25) is 0 Å². The van der Waals surface area contributed by atoms with Gasteiger partial charge in [-0.1, -0.05) is 25.1 Å². The lowest BCUT2D eigenvalue weighted by atomic mass is 10.1. The molecule has 0 atom stereocenters. The predicted molar refractivity (Wildman–Crippen MR) is 95.1 cm³/mol. The van der Waals surface area contributed by atoms with Crippen LogP contribution in [0.5, 0.6) is 0 Å². The average molecular weight is 345 g/mol. The van der Waals surface area contributed by atoms with E-state index in [1.165, 1.54) is 6.07 Å². The molecule has 3 rings (SSSR count). The summed E-state index contributed by atoms with van der Waals surface area (Å²) in [6.07, 6.45) is 0. The van der Waals surface area contributed by atoms with E-state index in [2.05, 4.69) is 22.0 Å². The smallest absolute Gasteiger partial charge is 0.261 e. The summed E-state index contributed by atoms with van der Waals surface area (Å²) >= 11 is 0. The van der Waals surface area contributed by atoms with Crippen molar-refractivity contribution in [1.82, 2.24) is 4.90 Å². The van der Waals surface area contributed by atoms with E-state index in [0.717, 1.165) is 50.5 Å². The van der Waals surface area contributed by atoms with Crippen LogP contribution in [0.3, 0.4) is 0 Å². The van der Waals surface area contributed by atoms with Crippen molar-refractivity contribution in [1.29, 1.82) is 0 Å². The topological polar surface area (TPSA) is 35.6 Å². The molecule has 4 nitrogen and oxygen atoms in total. The van der Waals surface area contributed by atoms with E-state index in [4.69, 9.17) is 0 Å². The number of rotatable bonds is 4. The number of hydrogen-bond acceptors (Lipinski definition) is 3. The van der Waals surface area contributed by atoms with E-state index in [0.29, 0.717) is 5.69 Å². The molecule has 1 amide bonds. The summed E-state index contributed by atoms with van der Waals surface area (Å²) in [7, 11) is 0. The number of carbonyl (C=O) groups excluding carboxylic acids is 1. The number of piperazine rings is 1. The van der Waals surface area contributed by atoms with Gasteiger partial charge in [0, 0.05) is 26.2 Å². The van der Waals surface area contributed by atoms with E-state index in [1.807, 2.05) is 12.1 Å². The first-order valence-corrected chi connectivity index (χ1v) is 8.42. The van der Waals surface area contributed by atoms with Gasteiger partial charge in [-0.05, 0) is 30.8 Å². The van der Waals surface area contributed by atoms with Gasteiger partial charge in [0.25, 0.3) is 5.91 Å². The Morgan fingerprint density at radius 2 is 1.64 bits per heavy atom. The number of nitrogens with one attached hydrogen (secondary N) is 1. The minimum atomic E-state index is -0.869. The molecule has 1 heterocycles. The molecular weight excluding hydrogens is 324 g/mol. The van der Waals surface area contributed by atoms with Crippen LogP contribution in [0.1, 0.15) is 17.3 Å². The van der Waals surface area contributed by atoms with Crippen LogP contribution in [0.2, 0.25) is 0 Å². The van der Waals surface area contributed by atoms with E-state index < -0.39 is 23.1 Å². The summed E-state index contributed by atoms with van der Waals surface area (Å²) in [6.45, 7) is 6.72. The third-order valence-corrected chi connectivity index (χ3v) is 4.50. The summed E-state index contributed by atoms with van der Waals surface area (Å²) in [4.78, 5) is 16.9. The van der Waals surface area contributed by atoms with Gasteiger partial charge in [0.15, 0.2) is 0 Å². The van der Waals surface area contributed by atoms with Crippen molar-refractivity contribution < 1.29 is 13.6 Å². The summed E-state index contributed by atoms with van der Waals surface area (Å²) in [5.74, 6) is -2.52. The van der Waals surface area contributed by atoms with Crippen molar-refractivity contribution in [3.63, 3.8) is 0 Å². The fourth-order valence-corrected chi connectivity index (χ4v) is 3.06. The standard InChI is InChI=1S/C19H21F2N3O/c1-2-23-10-12-24(13-11-23)17-9-4-3-8-16(17)22-19(25)18-14(20)6-5-7-15(18)21/h3-9H,2,10-13H2,1H3,(H,22,25). The molecule has 0 unspecified atom stereocenters. The second-order valence-electron chi connectivity index (χ2n) is 5.99. The van der Waals surface area contributed by atoms with Gasteiger partial charge in [-0.15, -0.1) is 0 Å². The van der Waals surface area contributed by atoms with E-state index in [-0.39, 0.29) is 0 Å². The first kappa shape index (κ1) is 17.4. The Morgan fingerprint density at radius 3 is 2.28 bits per heavy atom. The number of amides is 1. The van der Waals surface area contributed by atoms with Crippen molar-refractivity contribution >= 4 is 17.3 Å². The lowest BCUT2D eigenvalue weighted by Gasteiger charge is -2.36. The van der Waals surface area contributed by atoms with E-state index in [9.17, 15) is 13.6 Å². The molecule has 0 saturated carbocycles. The zero-order valence-corrected chi connectivity index (χ0v) is 14.1. The van der Waals surface area contributed by atoms with Gasteiger partial charge in [-0.2, -0.15) is 0 Å². The Balaban J connectivity index is 1.81. The SMILES string of the molecule is CCN1CCN(c2ccccc2NC(=O)c2c(F)cccc2F)CC1. The zero-order valence-electron chi connectivity index (χ0n) is 14.1. The first-order valence-electron chi connectivity index (χ1n) is 8.42. The normalized spacial score (nSPS) is 15.2. The van der Waals surface area contributed by atoms with Crippen LogP contribution in [0, 0.1) is 11.6 Å². The maximum absolute atomic E-state index is 13.8. The van der Waals surface area contributed by atoms with Crippen molar-refractivity contribution in [2.75, 3.05) is 42.9 Å². The quantitative estimate of drug-likeness (QED) is 0.923. The molecule has 0 bridgehead atoms. The van der Waals surface area contributed by atoms with Crippen molar-refractivity contribution in [2.45, 2.75) is 6.92 Å². The van der Waals surface area contributed by atoms with Gasteiger partial charge >= 0.3 is 0 Å². The fraction of sp³-hybridized carbons (Fsp3) is 0.316. The molecular formula is C19H21F2N3O. The minimum Gasteiger partial charge on any atom is -0.367 e. The highest BCUT2D eigenvalue weighted by Crippen LogP contribution is 2.27. The molecule has 2 aromatic rings. The van der Waals surface area contributed by atoms with Gasteiger partial charge in [0.05, 0.1) is 11.4 Å². The third-order valence-electron chi connectivity index (χ3n) is 4.50. The van der Waals surface area contributed by atoms with Crippen LogP contribution in [0.15, 0.2) is 42.5 Å². The molecule has 1 aliphatic heterocycles. The van der Waals surface area contributed by atoms with Gasteiger partial charge in [0.1, 0.15) is 17.2 Å². The second kappa shape index (κ2) is 7.61. The molecule has 132 valence electrons. The molecule has 1 saturated heterocycles. The maximum Gasteiger partial charge on any atom is 0.261 e. The van der Waals surface area contributed by atoms with E-state index >= 15 is 0 Å². The largest absolute Gasteiger partial charge is 0.367 e. The first-order chi connectivity index (χ1) is 12.1. The molecule has 0 aliphatic carbocycles. The van der Waals surface area contributed by atoms with E-state index in [1.54, 1.807) is 12.1 Å². The fourth-order valence-electron chi connectivity index (χ4n) is 3.06. The summed E-state index contributed by atoms with van der Waals surface area (Å²) in [5.41, 5.74) is 0.858. The van der Waals surface area contributed by atoms with Crippen LogP contribution in [-0.4, -0.2) is 43.5 Å². The number of benzene rings is 2. The Hall–Kier alpha value is -2.47. The second-order valence-corrected chi connectivity index (χ2v) is 5.99. The highest BCUT2D eigenvalue weighted by atomic mass is 19.1. The number of carbonyl (C=O) groups is 1. The predicted octanol–water partition coefficient (Wildman–Crippen LogP) is 3.36. The molecule has 2 aromatic carbocycles. The number of nitrogens with zero attached hydrogens (tertiary/aromatic N) is 2. The Morgan fingerprint density at radius 1 is 1.00 bits per heavy atom. The summed E-state index contributed by atoms with van der Waals surface area (Å²) in [5, 5.41) is 2.66. The average Bonchev–Trinajstić information content (AvgIpc) is 2.62. The molecule has 0 spiro atoms. The zero-order chi connectivity index (χ0) is 17.8. The van der Waals surface area contributed by atoms with Crippen molar-refractivity contribution in [2.24, 2.45) is 0 Å². The minimum absolute atomic E-state index is 0.556. The lowest BCUT2D eigenvalue weighted by molar-refractivity contribution is 0.101.